The molecule has 0 atom stereocenters. The van der Waals surface area contributed by atoms with Gasteiger partial charge in [-0.1, -0.05) is 181 Å². The predicted molar refractivity (Wildman–Crippen MR) is 237 cm³/mol. The lowest BCUT2D eigenvalue weighted by molar-refractivity contribution is -0.00469. The second-order valence-electron chi connectivity index (χ2n) is 16.1. The lowest BCUT2D eigenvalue weighted by atomic mass is 10.0. The van der Waals surface area contributed by atoms with E-state index in [1.165, 1.54) is 167 Å². The molecule has 0 aliphatic carbocycles. The van der Waals surface area contributed by atoms with Crippen molar-refractivity contribution >= 4 is 23.3 Å². The number of hydrogen-bond donors (Lipinski definition) is 3. The summed E-state index contributed by atoms with van der Waals surface area (Å²) < 4.78 is 10.5. The summed E-state index contributed by atoms with van der Waals surface area (Å²) in [7, 11) is 0. The number of nitrogens with one attached hydrogen (secondary N) is 2. The van der Waals surface area contributed by atoms with Gasteiger partial charge in [-0.2, -0.15) is 0 Å². The Bertz CT molecular complexity index is 1110. The normalized spacial score (nSPS) is 11.2. The van der Waals surface area contributed by atoms with E-state index < -0.39 is 18.0 Å². The molecule has 0 amide bonds. The third kappa shape index (κ3) is 26.7. The number of carbonyl (C=O) groups is 2. The van der Waals surface area contributed by atoms with Crippen molar-refractivity contribution < 1.29 is 24.2 Å². The fourth-order valence-electron chi connectivity index (χ4n) is 7.11. The van der Waals surface area contributed by atoms with E-state index in [1.807, 2.05) is 24.3 Å². The molecule has 3 N–H and O–H groups in total. The number of unbranched alkanes of at least 4 members (excludes halogenated alkanes) is 26. The van der Waals surface area contributed by atoms with Crippen LogP contribution in [0.3, 0.4) is 0 Å². The Balaban J connectivity index is 1.44. The number of carbonyl (C=O) groups excluding carboxylic acids is 2. The molecule has 0 saturated carbocycles. The SMILES string of the molecule is CCCCCCCCCCCCCCCCNc1ccc(C(=O)OCC(O)COC(=O)c2ccc(NCCCCCCCCCCCCCCCC)cc2)cc1. The summed E-state index contributed by atoms with van der Waals surface area (Å²) in [4.78, 5) is 25.0. The van der Waals surface area contributed by atoms with E-state index in [2.05, 4.69) is 24.5 Å². The minimum absolute atomic E-state index is 0.257. The molecule has 0 saturated heterocycles. The Hall–Kier alpha value is -3.06. The van der Waals surface area contributed by atoms with Crippen molar-refractivity contribution in [2.24, 2.45) is 0 Å². The van der Waals surface area contributed by atoms with Gasteiger partial charge in [-0.05, 0) is 61.4 Å². The highest BCUT2D eigenvalue weighted by molar-refractivity contribution is 5.90. The zero-order chi connectivity index (χ0) is 40.2. The van der Waals surface area contributed by atoms with E-state index in [0.29, 0.717) is 11.1 Å². The minimum Gasteiger partial charge on any atom is -0.459 e. The van der Waals surface area contributed by atoms with Crippen molar-refractivity contribution in [3.05, 3.63) is 59.7 Å². The number of anilines is 2. The quantitative estimate of drug-likeness (QED) is 0.0461. The van der Waals surface area contributed by atoms with E-state index in [-0.39, 0.29) is 13.2 Å². The number of aliphatic hydroxyl groups excluding tert-OH is 1. The lowest BCUT2D eigenvalue weighted by Gasteiger charge is -2.13. The molecule has 0 bridgehead atoms. The largest absolute Gasteiger partial charge is 0.459 e. The molecule has 0 radical (unpaired) electrons. The fourth-order valence-corrected chi connectivity index (χ4v) is 7.11. The molecular formula is C49H82N2O5. The van der Waals surface area contributed by atoms with Crippen LogP contribution in [0, 0.1) is 0 Å². The molecule has 0 spiro atoms. The van der Waals surface area contributed by atoms with Crippen molar-refractivity contribution in [3.63, 3.8) is 0 Å². The summed E-state index contributed by atoms with van der Waals surface area (Å²) in [5.74, 6) is -1.04. The van der Waals surface area contributed by atoms with Crippen LogP contribution in [0.5, 0.6) is 0 Å². The van der Waals surface area contributed by atoms with Crippen LogP contribution in [0.1, 0.15) is 214 Å². The minimum atomic E-state index is -1.11. The van der Waals surface area contributed by atoms with Crippen molar-refractivity contribution in [2.75, 3.05) is 36.9 Å². The molecule has 56 heavy (non-hydrogen) atoms. The zero-order valence-corrected chi connectivity index (χ0v) is 35.9. The fraction of sp³-hybridized carbons (Fsp3) is 0.714. The Labute approximate surface area is 342 Å². The summed E-state index contributed by atoms with van der Waals surface area (Å²) in [5, 5.41) is 17.1. The highest BCUT2D eigenvalue weighted by Gasteiger charge is 2.15. The van der Waals surface area contributed by atoms with E-state index in [4.69, 9.17) is 9.47 Å². The monoisotopic (exact) mass is 779 g/mol. The van der Waals surface area contributed by atoms with E-state index in [9.17, 15) is 14.7 Å². The van der Waals surface area contributed by atoms with Crippen LogP contribution in [0.15, 0.2) is 48.5 Å². The maximum absolute atomic E-state index is 12.5. The molecule has 2 rings (SSSR count). The molecule has 7 nitrogen and oxygen atoms in total. The maximum atomic E-state index is 12.5. The van der Waals surface area contributed by atoms with Crippen LogP contribution >= 0.6 is 0 Å². The molecule has 0 aromatic heterocycles. The third-order valence-electron chi connectivity index (χ3n) is 10.8. The average molecular weight is 779 g/mol. The molecular weight excluding hydrogens is 697 g/mol. The van der Waals surface area contributed by atoms with Gasteiger partial charge in [-0.25, -0.2) is 9.59 Å². The van der Waals surface area contributed by atoms with Gasteiger partial charge in [-0.3, -0.25) is 0 Å². The van der Waals surface area contributed by atoms with Gasteiger partial charge in [0.15, 0.2) is 0 Å². The molecule has 0 aliphatic rings. The molecule has 2 aromatic rings. The Kier molecular flexibility index (Phi) is 30.8. The van der Waals surface area contributed by atoms with Crippen molar-refractivity contribution in [1.29, 1.82) is 0 Å². The highest BCUT2D eigenvalue weighted by atomic mass is 16.6. The molecule has 0 fully saturated rings. The van der Waals surface area contributed by atoms with Crippen LogP contribution < -0.4 is 10.6 Å². The topological polar surface area (TPSA) is 96.9 Å². The first-order valence-electron chi connectivity index (χ1n) is 23.2. The first-order valence-corrected chi connectivity index (χ1v) is 23.2. The molecule has 318 valence electrons. The van der Waals surface area contributed by atoms with Gasteiger partial charge in [0, 0.05) is 24.5 Å². The summed E-state index contributed by atoms with van der Waals surface area (Å²) in [6.45, 7) is 5.86. The first-order chi connectivity index (χ1) is 27.5. The van der Waals surface area contributed by atoms with Gasteiger partial charge in [0.05, 0.1) is 11.1 Å². The maximum Gasteiger partial charge on any atom is 0.338 e. The van der Waals surface area contributed by atoms with Gasteiger partial charge in [0.2, 0.25) is 0 Å². The van der Waals surface area contributed by atoms with Crippen molar-refractivity contribution in [1.82, 2.24) is 0 Å². The standard InChI is InChI=1S/C49H82N2O5/c1-3-5-7-9-11-13-15-17-19-21-23-25-27-29-39-50-45-35-31-43(32-36-45)48(53)55-41-47(52)42-56-49(54)44-33-37-46(38-34-44)51-40-30-28-26-24-22-20-18-16-14-12-10-8-6-4-2/h31-38,47,50-52H,3-30,39-42H2,1-2H3. The van der Waals surface area contributed by atoms with Gasteiger partial charge in [-0.15, -0.1) is 0 Å². The number of hydrogen-bond acceptors (Lipinski definition) is 7. The molecule has 0 aliphatic heterocycles. The van der Waals surface area contributed by atoms with Crippen molar-refractivity contribution in [3.8, 4) is 0 Å². The highest BCUT2D eigenvalue weighted by Crippen LogP contribution is 2.17. The summed E-state index contributed by atoms with van der Waals surface area (Å²) >= 11 is 0. The first kappa shape index (κ1) is 49.1. The second-order valence-corrected chi connectivity index (χ2v) is 16.1. The molecule has 0 heterocycles. The number of esters is 2. The van der Waals surface area contributed by atoms with Gasteiger partial charge >= 0.3 is 11.9 Å². The molecule has 7 heteroatoms. The number of rotatable bonds is 38. The van der Waals surface area contributed by atoms with Gasteiger partial charge < -0.3 is 25.2 Å². The predicted octanol–water partition coefficient (Wildman–Crippen LogP) is 13.8. The number of benzene rings is 2. The molecule has 2 aromatic carbocycles. The van der Waals surface area contributed by atoms with Crippen LogP contribution in [0.2, 0.25) is 0 Å². The van der Waals surface area contributed by atoms with Gasteiger partial charge in [0.25, 0.3) is 0 Å². The van der Waals surface area contributed by atoms with Gasteiger partial charge in [0.1, 0.15) is 19.3 Å². The second kappa shape index (κ2) is 35.1. The Morgan fingerprint density at radius 2 is 0.679 bits per heavy atom. The smallest absolute Gasteiger partial charge is 0.338 e. The van der Waals surface area contributed by atoms with Crippen LogP contribution in [0.25, 0.3) is 0 Å². The lowest BCUT2D eigenvalue weighted by Crippen LogP contribution is -2.25. The van der Waals surface area contributed by atoms with E-state index in [0.717, 1.165) is 37.3 Å². The van der Waals surface area contributed by atoms with Crippen LogP contribution in [-0.4, -0.2) is 49.5 Å². The van der Waals surface area contributed by atoms with E-state index in [1.54, 1.807) is 24.3 Å². The molecule has 0 unspecified atom stereocenters. The van der Waals surface area contributed by atoms with Crippen molar-refractivity contribution in [2.45, 2.75) is 200 Å². The number of ether oxygens (including phenoxy) is 2. The average Bonchev–Trinajstić information content (AvgIpc) is 3.22. The van der Waals surface area contributed by atoms with E-state index >= 15 is 0 Å². The summed E-state index contributed by atoms with van der Waals surface area (Å²) in [5.41, 5.74) is 2.76. The van der Waals surface area contributed by atoms with Crippen LogP contribution in [-0.2, 0) is 9.47 Å². The Morgan fingerprint density at radius 3 is 0.946 bits per heavy atom. The number of aliphatic hydroxyl groups is 1. The van der Waals surface area contributed by atoms with Crippen LogP contribution in [0.4, 0.5) is 11.4 Å². The third-order valence-corrected chi connectivity index (χ3v) is 10.8. The Morgan fingerprint density at radius 1 is 0.429 bits per heavy atom. The summed E-state index contributed by atoms with van der Waals surface area (Å²) in [6.07, 6.45) is 36.7. The zero-order valence-electron chi connectivity index (χ0n) is 35.9. The summed E-state index contributed by atoms with van der Waals surface area (Å²) in [6, 6.07) is 14.4.